The molecule has 0 saturated carbocycles. The van der Waals surface area contributed by atoms with Gasteiger partial charge in [0, 0.05) is 45.0 Å². The van der Waals surface area contributed by atoms with E-state index in [1.54, 1.807) is 21.0 Å². The number of likely N-dealkylation sites (N-methyl/N-ethyl adjacent to an activating group) is 1. The molecule has 1 unspecified atom stereocenters. The summed E-state index contributed by atoms with van der Waals surface area (Å²) in [4.78, 5) is 25.5. The molecule has 3 rings (SSSR count). The van der Waals surface area contributed by atoms with Crippen LogP contribution in [-0.2, 0) is 21.9 Å². The molecule has 2 aromatic rings. The number of amides is 2. The average molecular weight is 408 g/mol. The van der Waals surface area contributed by atoms with E-state index in [9.17, 15) is 22.4 Å². The van der Waals surface area contributed by atoms with Crippen LogP contribution >= 0.6 is 0 Å². The fraction of sp³-hybridized carbons (Fsp3) is 0.333. The van der Waals surface area contributed by atoms with Crippen molar-refractivity contribution in [3.63, 3.8) is 0 Å². The summed E-state index contributed by atoms with van der Waals surface area (Å²) < 4.78 is 42.5. The van der Waals surface area contributed by atoms with Crippen molar-refractivity contribution in [2.24, 2.45) is 7.05 Å². The summed E-state index contributed by atoms with van der Waals surface area (Å²) in [6, 6.07) is 4.91. The van der Waals surface area contributed by atoms with E-state index in [0.29, 0.717) is 17.8 Å². The van der Waals surface area contributed by atoms with Gasteiger partial charge in [-0.05, 0) is 36.8 Å². The molecular weight excluding hydrogens is 387 g/mol. The van der Waals surface area contributed by atoms with Crippen molar-refractivity contribution < 1.29 is 22.4 Å². The van der Waals surface area contributed by atoms with Gasteiger partial charge in [0.05, 0.1) is 0 Å². The van der Waals surface area contributed by atoms with Gasteiger partial charge >= 0.3 is 0 Å². The predicted molar refractivity (Wildman–Crippen MR) is 101 cm³/mol. The number of aromatic nitrogens is 1. The van der Waals surface area contributed by atoms with Crippen LogP contribution < -0.4 is 10.0 Å². The number of nitrogens with zero attached hydrogens (tertiary/aromatic N) is 2. The molecule has 2 heterocycles. The van der Waals surface area contributed by atoms with Gasteiger partial charge < -0.3 is 14.8 Å². The van der Waals surface area contributed by atoms with Gasteiger partial charge in [-0.2, -0.15) is 0 Å². The van der Waals surface area contributed by atoms with Crippen LogP contribution in [0.15, 0.2) is 35.4 Å². The summed E-state index contributed by atoms with van der Waals surface area (Å²) in [6.07, 6.45) is 1.42. The molecule has 1 fully saturated rings. The molecule has 1 aliphatic heterocycles. The zero-order chi connectivity index (χ0) is 20.6. The highest BCUT2D eigenvalue weighted by Gasteiger charge is 2.31. The molecule has 150 valence electrons. The number of likely N-dealkylation sites (tertiary alicyclic amines) is 1. The van der Waals surface area contributed by atoms with E-state index in [0.717, 1.165) is 0 Å². The maximum atomic E-state index is 13.4. The van der Waals surface area contributed by atoms with Crippen LogP contribution in [0.2, 0.25) is 0 Å². The third-order valence-corrected chi connectivity index (χ3v) is 6.09. The lowest BCUT2D eigenvalue weighted by Crippen LogP contribution is -2.36. The molecule has 1 aliphatic rings. The van der Waals surface area contributed by atoms with Crippen LogP contribution in [0.4, 0.5) is 10.1 Å². The van der Waals surface area contributed by atoms with E-state index in [2.05, 4.69) is 10.0 Å². The number of nitrogens with one attached hydrogen (secondary N) is 2. The number of hydrogen-bond donors (Lipinski definition) is 2. The van der Waals surface area contributed by atoms with Crippen LogP contribution in [0, 0.1) is 12.7 Å². The van der Waals surface area contributed by atoms with Crippen LogP contribution in [0.1, 0.15) is 22.5 Å². The molecule has 2 N–H and O–H groups in total. The minimum Gasteiger partial charge on any atom is -0.345 e. The van der Waals surface area contributed by atoms with E-state index < -0.39 is 22.0 Å². The maximum Gasteiger partial charge on any atom is 0.272 e. The zero-order valence-electron chi connectivity index (χ0n) is 15.7. The van der Waals surface area contributed by atoms with Gasteiger partial charge in [0.2, 0.25) is 15.9 Å². The van der Waals surface area contributed by atoms with Gasteiger partial charge in [0.15, 0.2) is 0 Å². The molecule has 1 aromatic carbocycles. The molecule has 1 atom stereocenters. The Kier molecular flexibility index (Phi) is 5.26. The van der Waals surface area contributed by atoms with Crippen LogP contribution in [0.3, 0.4) is 0 Å². The minimum absolute atomic E-state index is 0.0718. The molecule has 0 spiro atoms. The fourth-order valence-corrected chi connectivity index (χ4v) is 4.35. The van der Waals surface area contributed by atoms with Gasteiger partial charge in [-0.3, -0.25) is 9.59 Å². The van der Waals surface area contributed by atoms with Crippen LogP contribution in [-0.4, -0.2) is 49.3 Å². The van der Waals surface area contributed by atoms with Crippen molar-refractivity contribution in [1.82, 2.24) is 14.2 Å². The van der Waals surface area contributed by atoms with E-state index in [-0.39, 0.29) is 28.7 Å². The number of carbonyl (C=O) groups is 2. The summed E-state index contributed by atoms with van der Waals surface area (Å²) in [5.74, 6) is -1.03. The lowest BCUT2D eigenvalue weighted by molar-refractivity contribution is -0.126. The predicted octanol–water partition coefficient (Wildman–Crippen LogP) is 1.23. The quantitative estimate of drug-likeness (QED) is 0.777. The summed E-state index contributed by atoms with van der Waals surface area (Å²) in [5.41, 5.74) is 0.912. The Balaban J connectivity index is 1.77. The summed E-state index contributed by atoms with van der Waals surface area (Å²) in [7, 11) is -0.728. The number of anilines is 1. The van der Waals surface area contributed by atoms with Gasteiger partial charge in [0.1, 0.15) is 16.4 Å². The molecule has 10 heteroatoms. The summed E-state index contributed by atoms with van der Waals surface area (Å²) in [5, 5.41) is 2.62. The topological polar surface area (TPSA) is 101 Å². The van der Waals surface area contributed by atoms with Crippen LogP contribution in [0.25, 0.3) is 0 Å². The Labute approximate surface area is 162 Å². The Morgan fingerprint density at radius 2 is 1.96 bits per heavy atom. The van der Waals surface area contributed by atoms with Gasteiger partial charge in [-0.25, -0.2) is 17.5 Å². The Morgan fingerprint density at radius 1 is 1.25 bits per heavy atom. The van der Waals surface area contributed by atoms with Crippen molar-refractivity contribution in [2.75, 3.05) is 18.9 Å². The lowest BCUT2D eigenvalue weighted by atomic mass is 10.2. The third kappa shape index (κ3) is 4.07. The highest BCUT2D eigenvalue weighted by Crippen LogP contribution is 2.19. The average Bonchev–Trinajstić information content (AvgIpc) is 3.13. The van der Waals surface area contributed by atoms with Crippen molar-refractivity contribution in [1.29, 1.82) is 0 Å². The van der Waals surface area contributed by atoms with Crippen molar-refractivity contribution in [3.8, 4) is 0 Å². The molecule has 28 heavy (non-hydrogen) atoms. The first-order valence-electron chi connectivity index (χ1n) is 8.57. The number of rotatable bonds is 5. The van der Waals surface area contributed by atoms with E-state index >= 15 is 0 Å². The second-order valence-corrected chi connectivity index (χ2v) is 8.60. The van der Waals surface area contributed by atoms with E-state index in [4.69, 9.17) is 0 Å². The number of carbonyl (C=O) groups excluding carboxylic acids is 2. The molecule has 2 amide bonds. The van der Waals surface area contributed by atoms with E-state index in [1.165, 1.54) is 39.9 Å². The number of hydrogen-bond acceptors (Lipinski definition) is 4. The molecule has 0 aliphatic carbocycles. The monoisotopic (exact) mass is 408 g/mol. The second-order valence-electron chi connectivity index (χ2n) is 6.89. The highest BCUT2D eigenvalue weighted by molar-refractivity contribution is 7.89. The van der Waals surface area contributed by atoms with Gasteiger partial charge in [0.25, 0.3) is 5.91 Å². The van der Waals surface area contributed by atoms with Crippen molar-refractivity contribution in [2.45, 2.75) is 24.3 Å². The maximum absolute atomic E-state index is 13.4. The van der Waals surface area contributed by atoms with Gasteiger partial charge in [-0.15, -0.1) is 0 Å². The highest BCUT2D eigenvalue weighted by atomic mass is 32.2. The normalized spacial score (nSPS) is 17.2. The smallest absolute Gasteiger partial charge is 0.272 e. The second kappa shape index (κ2) is 7.36. The largest absolute Gasteiger partial charge is 0.345 e. The molecular formula is C18H21FN4O4S. The fourth-order valence-electron chi connectivity index (χ4n) is 3.05. The number of benzene rings is 1. The first kappa shape index (κ1) is 20.0. The lowest BCUT2D eigenvalue weighted by Gasteiger charge is -2.11. The number of aryl methyl sites for hydroxylation is 2. The number of sulfonamides is 1. The van der Waals surface area contributed by atoms with Crippen molar-refractivity contribution in [3.05, 3.63) is 47.5 Å². The van der Waals surface area contributed by atoms with Gasteiger partial charge in [-0.1, -0.05) is 0 Å². The number of halogens is 1. The minimum atomic E-state index is -3.89. The molecule has 0 radical (unpaired) electrons. The standard InChI is InChI=1S/C18H21FN4O4S/c1-11-6-12(4-5-15(11)19)20-18(25)16-8-14(10-22(16)2)28(26,27)21-13-7-17(24)23(3)9-13/h4-6,8,10,13,21H,7,9H2,1-3H3,(H,20,25). The van der Waals surface area contributed by atoms with E-state index in [1.807, 2.05) is 0 Å². The Morgan fingerprint density at radius 3 is 2.57 bits per heavy atom. The Hall–Kier alpha value is -2.72. The third-order valence-electron chi connectivity index (χ3n) is 4.60. The molecule has 1 aromatic heterocycles. The summed E-state index contributed by atoms with van der Waals surface area (Å²) in [6.45, 7) is 1.87. The summed E-state index contributed by atoms with van der Waals surface area (Å²) >= 11 is 0. The first-order chi connectivity index (χ1) is 13.1. The molecule has 8 nitrogen and oxygen atoms in total. The molecule has 0 bridgehead atoms. The Bertz CT molecular complexity index is 1050. The van der Waals surface area contributed by atoms with Crippen LogP contribution in [0.5, 0.6) is 0 Å². The SMILES string of the molecule is Cc1cc(NC(=O)c2cc(S(=O)(=O)NC3CC(=O)N(C)C3)cn2C)ccc1F. The first-order valence-corrected chi connectivity index (χ1v) is 10.1. The van der Waals surface area contributed by atoms with Crippen molar-refractivity contribution >= 4 is 27.5 Å². The molecule has 1 saturated heterocycles. The zero-order valence-corrected chi connectivity index (χ0v) is 16.5.